The van der Waals surface area contributed by atoms with Crippen molar-refractivity contribution in [3.05, 3.63) is 39.8 Å². The Morgan fingerprint density at radius 2 is 2.30 bits per heavy atom. The molecule has 0 spiro atoms. The number of anilines is 1. The topological polar surface area (TPSA) is 106 Å². The van der Waals surface area contributed by atoms with Gasteiger partial charge in [0.1, 0.15) is 0 Å². The molecule has 7 heteroatoms. The Morgan fingerprint density at radius 3 is 2.95 bits per heavy atom. The van der Waals surface area contributed by atoms with E-state index in [1.807, 2.05) is 0 Å². The van der Waals surface area contributed by atoms with Gasteiger partial charge in [-0.1, -0.05) is 5.11 Å². The number of nitrogens with zero attached hydrogens (tertiary/aromatic N) is 4. The Morgan fingerprint density at radius 1 is 1.55 bits per heavy atom. The van der Waals surface area contributed by atoms with Gasteiger partial charge in [0.25, 0.3) is 0 Å². The van der Waals surface area contributed by atoms with Gasteiger partial charge in [0.15, 0.2) is 0 Å². The fraction of sp³-hybridized carbons (Fsp3) is 0.385. The summed E-state index contributed by atoms with van der Waals surface area (Å²) in [5, 5.41) is 12.5. The highest BCUT2D eigenvalue weighted by Crippen LogP contribution is 2.27. The number of carboxylic acid groups (broad SMARTS) is 1. The third-order valence-corrected chi connectivity index (χ3v) is 3.23. The van der Waals surface area contributed by atoms with Crippen LogP contribution in [0.15, 0.2) is 23.3 Å². The number of amides is 1. The largest absolute Gasteiger partial charge is 0.478 e. The van der Waals surface area contributed by atoms with Crippen molar-refractivity contribution in [3.63, 3.8) is 0 Å². The molecule has 0 aliphatic carbocycles. The summed E-state index contributed by atoms with van der Waals surface area (Å²) in [6.45, 7) is 2.50. The second kappa shape index (κ2) is 5.63. The summed E-state index contributed by atoms with van der Waals surface area (Å²) in [5.74, 6) is -1.12. The third-order valence-electron chi connectivity index (χ3n) is 3.23. The van der Waals surface area contributed by atoms with Crippen LogP contribution in [-0.2, 0) is 4.79 Å². The predicted octanol–water partition coefficient (Wildman–Crippen LogP) is 2.36. The predicted molar refractivity (Wildman–Crippen MR) is 72.6 cm³/mol. The zero-order valence-electron chi connectivity index (χ0n) is 11.0. The molecule has 1 amide bonds. The van der Waals surface area contributed by atoms with Gasteiger partial charge in [0.05, 0.1) is 5.56 Å². The Labute approximate surface area is 115 Å². The lowest BCUT2D eigenvalue weighted by Crippen LogP contribution is -2.25. The molecule has 1 aromatic rings. The lowest BCUT2D eigenvalue weighted by molar-refractivity contribution is -0.117. The zero-order chi connectivity index (χ0) is 14.7. The Hall–Kier alpha value is -2.53. The molecular weight excluding hydrogens is 260 g/mol. The van der Waals surface area contributed by atoms with E-state index < -0.39 is 5.97 Å². The number of aryl methyl sites for hydroxylation is 1. The van der Waals surface area contributed by atoms with Crippen molar-refractivity contribution < 1.29 is 14.7 Å². The second-order valence-electron chi connectivity index (χ2n) is 4.85. The van der Waals surface area contributed by atoms with Crippen molar-refractivity contribution in [3.8, 4) is 0 Å². The van der Waals surface area contributed by atoms with Gasteiger partial charge in [-0.05, 0) is 42.1 Å². The molecule has 1 fully saturated rings. The number of aromatic carboxylic acids is 1. The monoisotopic (exact) mass is 274 g/mol. The Bertz CT molecular complexity index is 608. The van der Waals surface area contributed by atoms with E-state index in [-0.39, 0.29) is 23.9 Å². The van der Waals surface area contributed by atoms with Crippen LogP contribution in [0.5, 0.6) is 0 Å². The van der Waals surface area contributed by atoms with E-state index >= 15 is 0 Å². The zero-order valence-corrected chi connectivity index (χ0v) is 11.0. The molecule has 1 atom stereocenters. The molecule has 104 valence electrons. The highest BCUT2D eigenvalue weighted by atomic mass is 16.4. The number of rotatable bonds is 4. The Balaban J connectivity index is 2.25. The van der Waals surface area contributed by atoms with E-state index in [4.69, 9.17) is 10.6 Å². The first-order chi connectivity index (χ1) is 9.51. The van der Waals surface area contributed by atoms with E-state index in [1.54, 1.807) is 24.0 Å². The van der Waals surface area contributed by atoms with Gasteiger partial charge in [0, 0.05) is 30.1 Å². The third kappa shape index (κ3) is 2.89. The summed E-state index contributed by atoms with van der Waals surface area (Å²) in [5.41, 5.74) is 9.83. The average molecular weight is 274 g/mol. The second-order valence-corrected chi connectivity index (χ2v) is 4.85. The molecule has 20 heavy (non-hydrogen) atoms. The standard InChI is InChI=1S/C13H14N4O3/c1-8-2-10(13(19)20)5-11(3-8)17-7-9(4-12(17)18)6-15-16-14/h2-3,5,9H,4,6-7H2,1H3,(H,19,20). The van der Waals surface area contributed by atoms with Gasteiger partial charge in [-0.2, -0.15) is 0 Å². The molecular formula is C13H14N4O3. The van der Waals surface area contributed by atoms with E-state index in [9.17, 15) is 9.59 Å². The van der Waals surface area contributed by atoms with Gasteiger partial charge < -0.3 is 10.0 Å². The smallest absolute Gasteiger partial charge is 0.335 e. The molecule has 1 aromatic carbocycles. The van der Waals surface area contributed by atoms with Crippen LogP contribution in [0.4, 0.5) is 5.69 Å². The molecule has 2 rings (SSSR count). The molecule has 1 saturated heterocycles. The number of hydrogen-bond donors (Lipinski definition) is 1. The van der Waals surface area contributed by atoms with Crippen LogP contribution < -0.4 is 4.90 Å². The molecule has 1 unspecified atom stereocenters. The fourth-order valence-corrected chi connectivity index (χ4v) is 2.35. The van der Waals surface area contributed by atoms with Crippen LogP contribution in [0.25, 0.3) is 10.4 Å². The number of carbonyl (C=O) groups is 2. The van der Waals surface area contributed by atoms with Crippen LogP contribution in [0.1, 0.15) is 22.3 Å². The van der Waals surface area contributed by atoms with Gasteiger partial charge >= 0.3 is 5.97 Å². The number of azide groups is 1. The minimum absolute atomic E-state index is 0.0211. The molecule has 0 radical (unpaired) electrons. The number of carboxylic acids is 1. The van der Waals surface area contributed by atoms with E-state index in [1.165, 1.54) is 6.07 Å². The molecule has 7 nitrogen and oxygen atoms in total. The van der Waals surface area contributed by atoms with Gasteiger partial charge in [-0.15, -0.1) is 0 Å². The van der Waals surface area contributed by atoms with Crippen LogP contribution in [-0.4, -0.2) is 30.1 Å². The van der Waals surface area contributed by atoms with Crippen molar-refractivity contribution in [2.75, 3.05) is 18.0 Å². The van der Waals surface area contributed by atoms with E-state index in [2.05, 4.69) is 10.0 Å². The summed E-state index contributed by atoms with van der Waals surface area (Å²) < 4.78 is 0. The van der Waals surface area contributed by atoms with Gasteiger partial charge in [-0.3, -0.25) is 4.79 Å². The highest BCUT2D eigenvalue weighted by Gasteiger charge is 2.30. The van der Waals surface area contributed by atoms with Crippen LogP contribution in [0.3, 0.4) is 0 Å². The van der Waals surface area contributed by atoms with Crippen molar-refractivity contribution in [2.24, 2.45) is 11.0 Å². The lowest BCUT2D eigenvalue weighted by atomic mass is 10.1. The van der Waals surface area contributed by atoms with Crippen LogP contribution in [0.2, 0.25) is 0 Å². The summed E-state index contributed by atoms with van der Waals surface area (Å²) in [6, 6.07) is 4.83. The Kier molecular flexibility index (Phi) is 3.91. The van der Waals surface area contributed by atoms with Gasteiger partial charge in [-0.25, -0.2) is 4.79 Å². The summed E-state index contributed by atoms with van der Waals surface area (Å²) in [4.78, 5) is 27.3. The molecule has 1 aliphatic rings. The van der Waals surface area contributed by atoms with Crippen molar-refractivity contribution in [2.45, 2.75) is 13.3 Å². The quantitative estimate of drug-likeness (QED) is 0.517. The maximum atomic E-state index is 12.0. The first-order valence-corrected chi connectivity index (χ1v) is 6.17. The van der Waals surface area contributed by atoms with Crippen LogP contribution in [0, 0.1) is 12.8 Å². The lowest BCUT2D eigenvalue weighted by Gasteiger charge is -2.17. The van der Waals surface area contributed by atoms with E-state index in [0.29, 0.717) is 18.7 Å². The molecule has 1 N–H and O–H groups in total. The number of hydrogen-bond acceptors (Lipinski definition) is 3. The first-order valence-electron chi connectivity index (χ1n) is 6.17. The molecule has 1 aliphatic heterocycles. The minimum atomic E-state index is -1.02. The molecule has 0 saturated carbocycles. The van der Waals surface area contributed by atoms with Crippen LogP contribution >= 0.6 is 0 Å². The molecule has 0 aromatic heterocycles. The summed E-state index contributed by atoms with van der Waals surface area (Å²) in [7, 11) is 0. The maximum absolute atomic E-state index is 12.0. The molecule has 0 bridgehead atoms. The first kappa shape index (κ1) is 13.9. The van der Waals surface area contributed by atoms with Crippen molar-refractivity contribution >= 4 is 17.6 Å². The van der Waals surface area contributed by atoms with Crippen molar-refractivity contribution in [1.29, 1.82) is 0 Å². The van der Waals surface area contributed by atoms with E-state index in [0.717, 1.165) is 5.56 Å². The fourth-order valence-electron chi connectivity index (χ4n) is 2.35. The minimum Gasteiger partial charge on any atom is -0.478 e. The number of benzene rings is 1. The highest BCUT2D eigenvalue weighted by molar-refractivity contribution is 5.97. The number of carbonyl (C=O) groups excluding carboxylic acids is 1. The summed E-state index contributed by atoms with van der Waals surface area (Å²) in [6.07, 6.45) is 0.315. The SMILES string of the molecule is Cc1cc(C(=O)O)cc(N2CC(CN=[N+]=[N-])CC2=O)c1. The molecule has 1 heterocycles. The van der Waals surface area contributed by atoms with Crippen molar-refractivity contribution in [1.82, 2.24) is 0 Å². The summed E-state index contributed by atoms with van der Waals surface area (Å²) >= 11 is 0. The normalized spacial score (nSPS) is 17.9. The van der Waals surface area contributed by atoms with Gasteiger partial charge in [0.2, 0.25) is 5.91 Å². The average Bonchev–Trinajstić information content (AvgIpc) is 2.77. The maximum Gasteiger partial charge on any atom is 0.335 e.